The molecule has 0 saturated heterocycles. The summed E-state index contributed by atoms with van der Waals surface area (Å²) < 4.78 is 7.46. The molecule has 4 heteroatoms. The van der Waals surface area contributed by atoms with Crippen LogP contribution in [0.3, 0.4) is 0 Å². The van der Waals surface area contributed by atoms with Gasteiger partial charge in [-0.1, -0.05) is 11.6 Å². The maximum Gasteiger partial charge on any atom is 0.132 e. The molecule has 0 aliphatic carbocycles. The van der Waals surface area contributed by atoms with Crippen molar-refractivity contribution in [3.63, 3.8) is 0 Å². The Labute approximate surface area is 107 Å². The van der Waals surface area contributed by atoms with Gasteiger partial charge in [-0.2, -0.15) is 5.10 Å². The number of aliphatic hydroxyl groups is 1. The van der Waals surface area contributed by atoms with E-state index in [9.17, 15) is 5.11 Å². The zero-order valence-corrected chi connectivity index (χ0v) is 10.9. The predicted molar refractivity (Wildman–Crippen MR) is 69.4 cm³/mol. The number of aryl methyl sites for hydroxylation is 2. The van der Waals surface area contributed by atoms with Crippen LogP contribution >= 0.6 is 0 Å². The van der Waals surface area contributed by atoms with Gasteiger partial charge in [0.15, 0.2) is 0 Å². The molecule has 1 N–H and O–H groups in total. The van der Waals surface area contributed by atoms with Crippen LogP contribution in [0, 0.1) is 6.92 Å². The first-order valence-corrected chi connectivity index (χ1v) is 5.96. The van der Waals surface area contributed by atoms with Crippen molar-refractivity contribution in [2.24, 2.45) is 7.05 Å². The lowest BCUT2D eigenvalue weighted by Crippen LogP contribution is -2.02. The van der Waals surface area contributed by atoms with Gasteiger partial charge in [0.25, 0.3) is 0 Å². The average molecular weight is 246 g/mol. The Morgan fingerprint density at radius 3 is 2.78 bits per heavy atom. The summed E-state index contributed by atoms with van der Waals surface area (Å²) in [7, 11) is 1.87. The van der Waals surface area contributed by atoms with Crippen LogP contribution in [0.25, 0.3) is 0 Å². The number of hydrogen-bond donors (Lipinski definition) is 1. The van der Waals surface area contributed by atoms with E-state index in [0.717, 1.165) is 16.8 Å². The van der Waals surface area contributed by atoms with Gasteiger partial charge in [-0.25, -0.2) is 0 Å². The van der Waals surface area contributed by atoms with Crippen LogP contribution in [0.2, 0.25) is 0 Å². The minimum absolute atomic E-state index is 0.406. The smallest absolute Gasteiger partial charge is 0.132 e. The van der Waals surface area contributed by atoms with Crippen LogP contribution in [-0.4, -0.2) is 14.9 Å². The minimum atomic E-state index is -0.538. The number of aliphatic hydroxyl groups excluding tert-OH is 1. The first kappa shape index (κ1) is 12.6. The SMILES string of the molecule is Cc1ccc(OCc2ccn(C)n2)c([C@H](C)O)c1. The third-order valence-corrected chi connectivity index (χ3v) is 2.76. The fourth-order valence-corrected chi connectivity index (χ4v) is 1.82. The van der Waals surface area contributed by atoms with Crippen molar-refractivity contribution in [3.8, 4) is 5.75 Å². The van der Waals surface area contributed by atoms with Gasteiger partial charge in [0, 0.05) is 18.8 Å². The van der Waals surface area contributed by atoms with Crippen molar-refractivity contribution >= 4 is 0 Å². The Morgan fingerprint density at radius 1 is 1.39 bits per heavy atom. The summed E-state index contributed by atoms with van der Waals surface area (Å²) in [6, 6.07) is 7.72. The van der Waals surface area contributed by atoms with Gasteiger partial charge < -0.3 is 9.84 Å². The standard InChI is InChI=1S/C14H18N2O2/c1-10-4-5-14(13(8-10)11(2)17)18-9-12-6-7-16(3)15-12/h4-8,11,17H,9H2,1-3H3/t11-/m0/s1. The molecule has 4 nitrogen and oxygen atoms in total. The molecule has 0 bridgehead atoms. The summed E-state index contributed by atoms with van der Waals surface area (Å²) in [5.74, 6) is 0.709. The highest BCUT2D eigenvalue weighted by molar-refractivity contribution is 5.38. The molecule has 2 rings (SSSR count). The summed E-state index contributed by atoms with van der Waals surface area (Å²) in [6.45, 7) is 4.14. The summed E-state index contributed by atoms with van der Waals surface area (Å²) in [6.07, 6.45) is 1.34. The van der Waals surface area contributed by atoms with Crippen LogP contribution in [0.15, 0.2) is 30.5 Å². The van der Waals surface area contributed by atoms with E-state index < -0.39 is 6.10 Å². The molecule has 0 saturated carbocycles. The fourth-order valence-electron chi connectivity index (χ4n) is 1.82. The quantitative estimate of drug-likeness (QED) is 0.900. The first-order chi connectivity index (χ1) is 8.56. The molecular formula is C14H18N2O2. The van der Waals surface area contributed by atoms with E-state index in [1.54, 1.807) is 11.6 Å². The molecule has 96 valence electrons. The van der Waals surface area contributed by atoms with Crippen molar-refractivity contribution in [2.45, 2.75) is 26.6 Å². The average Bonchev–Trinajstić information content (AvgIpc) is 2.73. The molecule has 0 aliphatic heterocycles. The zero-order chi connectivity index (χ0) is 13.1. The molecule has 0 unspecified atom stereocenters. The van der Waals surface area contributed by atoms with E-state index in [4.69, 9.17) is 4.74 Å². The summed E-state index contributed by atoms with van der Waals surface area (Å²) in [5.41, 5.74) is 2.79. The van der Waals surface area contributed by atoms with Gasteiger partial charge in [-0.05, 0) is 32.0 Å². The molecular weight excluding hydrogens is 228 g/mol. The Morgan fingerprint density at radius 2 is 2.17 bits per heavy atom. The molecule has 0 fully saturated rings. The van der Waals surface area contributed by atoms with Crippen LogP contribution in [0.1, 0.15) is 29.8 Å². The van der Waals surface area contributed by atoms with Gasteiger partial charge >= 0.3 is 0 Å². The number of rotatable bonds is 4. The van der Waals surface area contributed by atoms with Crippen molar-refractivity contribution in [1.82, 2.24) is 9.78 Å². The second kappa shape index (κ2) is 5.23. The lowest BCUT2D eigenvalue weighted by atomic mass is 10.1. The lowest BCUT2D eigenvalue weighted by molar-refractivity contribution is 0.189. The Balaban J connectivity index is 2.13. The highest BCUT2D eigenvalue weighted by Gasteiger charge is 2.10. The molecule has 1 atom stereocenters. The molecule has 2 aromatic rings. The van der Waals surface area contributed by atoms with Gasteiger partial charge in [0.2, 0.25) is 0 Å². The molecule has 0 spiro atoms. The molecule has 1 aromatic heterocycles. The van der Waals surface area contributed by atoms with Crippen molar-refractivity contribution < 1.29 is 9.84 Å². The Hall–Kier alpha value is -1.81. The van der Waals surface area contributed by atoms with Crippen LogP contribution in [0.4, 0.5) is 0 Å². The van der Waals surface area contributed by atoms with Crippen molar-refractivity contribution in [1.29, 1.82) is 0 Å². The predicted octanol–water partition coefficient (Wildman–Crippen LogP) is 2.36. The van der Waals surface area contributed by atoms with Crippen LogP contribution in [0.5, 0.6) is 5.75 Å². The molecule has 18 heavy (non-hydrogen) atoms. The summed E-state index contributed by atoms with van der Waals surface area (Å²) in [4.78, 5) is 0. The zero-order valence-electron chi connectivity index (χ0n) is 10.9. The topological polar surface area (TPSA) is 47.3 Å². The maximum absolute atomic E-state index is 9.73. The van der Waals surface area contributed by atoms with E-state index in [1.165, 1.54) is 0 Å². The summed E-state index contributed by atoms with van der Waals surface area (Å²) in [5, 5.41) is 14.0. The normalized spacial score (nSPS) is 12.4. The van der Waals surface area contributed by atoms with Crippen molar-refractivity contribution in [3.05, 3.63) is 47.3 Å². The third kappa shape index (κ3) is 2.90. The van der Waals surface area contributed by atoms with Gasteiger partial charge in [0.05, 0.1) is 11.8 Å². The van der Waals surface area contributed by atoms with Gasteiger partial charge in [0.1, 0.15) is 12.4 Å². The number of hydrogen-bond acceptors (Lipinski definition) is 3. The fraction of sp³-hybridized carbons (Fsp3) is 0.357. The largest absolute Gasteiger partial charge is 0.487 e. The second-order valence-electron chi connectivity index (χ2n) is 4.49. The van der Waals surface area contributed by atoms with Gasteiger partial charge in [-0.3, -0.25) is 4.68 Å². The van der Waals surface area contributed by atoms with Crippen molar-refractivity contribution in [2.75, 3.05) is 0 Å². The van der Waals surface area contributed by atoms with E-state index in [0.29, 0.717) is 12.4 Å². The second-order valence-corrected chi connectivity index (χ2v) is 4.49. The van der Waals surface area contributed by atoms with Crippen LogP contribution in [-0.2, 0) is 13.7 Å². The number of ether oxygens (including phenoxy) is 1. The van der Waals surface area contributed by atoms with Crippen LogP contribution < -0.4 is 4.74 Å². The summed E-state index contributed by atoms with van der Waals surface area (Å²) >= 11 is 0. The highest BCUT2D eigenvalue weighted by Crippen LogP contribution is 2.26. The number of benzene rings is 1. The molecule has 0 radical (unpaired) electrons. The van der Waals surface area contributed by atoms with E-state index >= 15 is 0 Å². The highest BCUT2D eigenvalue weighted by atomic mass is 16.5. The molecule has 0 aliphatic rings. The first-order valence-electron chi connectivity index (χ1n) is 5.96. The monoisotopic (exact) mass is 246 g/mol. The number of nitrogens with zero attached hydrogens (tertiary/aromatic N) is 2. The molecule has 0 amide bonds. The molecule has 1 aromatic carbocycles. The van der Waals surface area contributed by atoms with E-state index in [1.807, 2.05) is 44.4 Å². The van der Waals surface area contributed by atoms with E-state index in [2.05, 4.69) is 5.10 Å². The minimum Gasteiger partial charge on any atom is -0.487 e. The third-order valence-electron chi connectivity index (χ3n) is 2.76. The Bertz CT molecular complexity index is 532. The lowest BCUT2D eigenvalue weighted by Gasteiger charge is -2.13. The maximum atomic E-state index is 9.73. The molecule has 1 heterocycles. The van der Waals surface area contributed by atoms with E-state index in [-0.39, 0.29) is 0 Å². The van der Waals surface area contributed by atoms with Gasteiger partial charge in [-0.15, -0.1) is 0 Å². The Kier molecular flexibility index (Phi) is 3.67. The number of aromatic nitrogens is 2.